The van der Waals surface area contributed by atoms with Crippen LogP contribution in [-0.2, 0) is 0 Å². The number of nitrogen functional groups attached to an aromatic ring is 1. The lowest BCUT2D eigenvalue weighted by molar-refractivity contribution is 0.472. The van der Waals surface area contributed by atoms with Crippen molar-refractivity contribution in [1.29, 1.82) is 0 Å². The molecular formula is C11H18FN3O. The van der Waals surface area contributed by atoms with Crippen LogP contribution in [-0.4, -0.2) is 9.55 Å². The van der Waals surface area contributed by atoms with E-state index in [0.29, 0.717) is 0 Å². The van der Waals surface area contributed by atoms with Gasteiger partial charge in [-0.15, -0.1) is 0 Å². The van der Waals surface area contributed by atoms with E-state index in [1.165, 1.54) is 10.8 Å². The van der Waals surface area contributed by atoms with Crippen molar-refractivity contribution in [3.05, 3.63) is 22.5 Å². The standard InChI is InChI=1S/C9H12FN3O.C2H6/c10-7-5-13(6-3-1-2-4-6)9(14)12-8(7)11;1-2/h5-6H,1-4H2,(H2,11,12,14);1-2H3. The summed E-state index contributed by atoms with van der Waals surface area (Å²) in [7, 11) is 0. The molecule has 1 heterocycles. The summed E-state index contributed by atoms with van der Waals surface area (Å²) < 4.78 is 14.4. The first kappa shape index (κ1) is 12.7. The van der Waals surface area contributed by atoms with Crippen molar-refractivity contribution in [2.75, 3.05) is 5.73 Å². The molecule has 0 spiro atoms. The van der Waals surface area contributed by atoms with Crippen molar-refractivity contribution in [3.63, 3.8) is 0 Å². The average Bonchev–Trinajstić information content (AvgIpc) is 2.79. The van der Waals surface area contributed by atoms with Crippen LogP contribution in [0.25, 0.3) is 0 Å². The van der Waals surface area contributed by atoms with Gasteiger partial charge in [0.05, 0.1) is 0 Å². The number of nitrogens with zero attached hydrogens (tertiary/aromatic N) is 2. The highest BCUT2D eigenvalue weighted by atomic mass is 19.1. The molecule has 5 heteroatoms. The van der Waals surface area contributed by atoms with Crippen LogP contribution in [0.1, 0.15) is 45.6 Å². The number of hydrogen-bond acceptors (Lipinski definition) is 3. The van der Waals surface area contributed by atoms with E-state index in [4.69, 9.17) is 5.73 Å². The van der Waals surface area contributed by atoms with Gasteiger partial charge in [-0.2, -0.15) is 4.98 Å². The lowest BCUT2D eigenvalue weighted by Crippen LogP contribution is -2.27. The van der Waals surface area contributed by atoms with Crippen LogP contribution in [0, 0.1) is 5.82 Å². The first-order valence-corrected chi connectivity index (χ1v) is 5.72. The maximum atomic E-state index is 13.1. The van der Waals surface area contributed by atoms with Gasteiger partial charge in [0.2, 0.25) is 0 Å². The van der Waals surface area contributed by atoms with Gasteiger partial charge in [-0.1, -0.05) is 26.7 Å². The van der Waals surface area contributed by atoms with Gasteiger partial charge in [-0.25, -0.2) is 9.18 Å². The second-order valence-corrected chi connectivity index (χ2v) is 3.60. The fraction of sp³-hybridized carbons (Fsp3) is 0.636. The van der Waals surface area contributed by atoms with E-state index in [0.717, 1.165) is 25.7 Å². The van der Waals surface area contributed by atoms with Crippen LogP contribution in [0.3, 0.4) is 0 Å². The van der Waals surface area contributed by atoms with Crippen molar-refractivity contribution in [3.8, 4) is 0 Å². The number of hydrogen-bond donors (Lipinski definition) is 1. The maximum absolute atomic E-state index is 13.1. The molecular weight excluding hydrogens is 209 g/mol. The predicted molar refractivity (Wildman–Crippen MR) is 61.7 cm³/mol. The first-order chi connectivity index (χ1) is 7.68. The molecule has 1 aromatic heterocycles. The SMILES string of the molecule is CC.Nc1nc(=O)n(C2CCCC2)cc1F. The fourth-order valence-electron chi connectivity index (χ4n) is 1.90. The second-order valence-electron chi connectivity index (χ2n) is 3.60. The summed E-state index contributed by atoms with van der Waals surface area (Å²) in [6, 6.07) is 0.102. The van der Waals surface area contributed by atoms with Crippen LogP contribution >= 0.6 is 0 Å². The molecule has 1 aliphatic rings. The minimum Gasteiger partial charge on any atom is -0.381 e. The van der Waals surface area contributed by atoms with Crippen molar-refractivity contribution < 1.29 is 4.39 Å². The summed E-state index contributed by atoms with van der Waals surface area (Å²) in [5.74, 6) is -0.930. The topological polar surface area (TPSA) is 60.9 Å². The molecule has 2 N–H and O–H groups in total. The monoisotopic (exact) mass is 227 g/mol. The largest absolute Gasteiger partial charge is 0.381 e. The highest BCUT2D eigenvalue weighted by molar-refractivity contribution is 5.26. The summed E-state index contributed by atoms with van der Waals surface area (Å²) in [5, 5.41) is 0. The Balaban J connectivity index is 0.000000606. The summed E-state index contributed by atoms with van der Waals surface area (Å²) in [6.07, 6.45) is 5.18. The summed E-state index contributed by atoms with van der Waals surface area (Å²) >= 11 is 0. The third-order valence-corrected chi connectivity index (χ3v) is 2.65. The normalized spacial score (nSPS) is 15.7. The van der Waals surface area contributed by atoms with Gasteiger partial charge in [0.25, 0.3) is 0 Å². The first-order valence-electron chi connectivity index (χ1n) is 5.72. The van der Waals surface area contributed by atoms with Crippen molar-refractivity contribution in [2.24, 2.45) is 0 Å². The van der Waals surface area contributed by atoms with Crippen molar-refractivity contribution in [1.82, 2.24) is 9.55 Å². The Morgan fingerprint density at radius 2 is 2.00 bits per heavy atom. The number of aromatic nitrogens is 2. The van der Waals surface area contributed by atoms with Crippen LogP contribution in [0.2, 0.25) is 0 Å². The van der Waals surface area contributed by atoms with Crippen molar-refractivity contribution in [2.45, 2.75) is 45.6 Å². The molecule has 1 aromatic rings. The molecule has 0 radical (unpaired) electrons. The average molecular weight is 227 g/mol. The molecule has 0 aliphatic heterocycles. The van der Waals surface area contributed by atoms with E-state index in [-0.39, 0.29) is 11.9 Å². The van der Waals surface area contributed by atoms with E-state index in [2.05, 4.69) is 4.98 Å². The van der Waals surface area contributed by atoms with E-state index < -0.39 is 11.5 Å². The van der Waals surface area contributed by atoms with Crippen LogP contribution in [0.5, 0.6) is 0 Å². The van der Waals surface area contributed by atoms with Crippen LogP contribution in [0.4, 0.5) is 10.2 Å². The van der Waals surface area contributed by atoms with Gasteiger partial charge < -0.3 is 5.73 Å². The fourth-order valence-corrected chi connectivity index (χ4v) is 1.90. The molecule has 90 valence electrons. The molecule has 16 heavy (non-hydrogen) atoms. The summed E-state index contributed by atoms with van der Waals surface area (Å²) in [4.78, 5) is 14.8. The number of halogens is 1. The highest BCUT2D eigenvalue weighted by Crippen LogP contribution is 2.28. The van der Waals surface area contributed by atoms with E-state index in [1.807, 2.05) is 13.8 Å². The Morgan fingerprint density at radius 1 is 1.44 bits per heavy atom. The zero-order valence-electron chi connectivity index (χ0n) is 9.74. The molecule has 0 aromatic carbocycles. The molecule has 0 unspecified atom stereocenters. The van der Waals surface area contributed by atoms with Gasteiger partial charge >= 0.3 is 5.69 Å². The van der Waals surface area contributed by atoms with E-state index >= 15 is 0 Å². The molecule has 0 bridgehead atoms. The third kappa shape index (κ3) is 2.59. The van der Waals surface area contributed by atoms with Gasteiger partial charge in [0, 0.05) is 12.2 Å². The summed E-state index contributed by atoms with van der Waals surface area (Å²) in [5.41, 5.74) is 4.74. The second kappa shape index (κ2) is 5.63. The molecule has 1 aliphatic carbocycles. The minimum atomic E-state index is -0.614. The lowest BCUT2D eigenvalue weighted by atomic mass is 10.2. The zero-order valence-corrected chi connectivity index (χ0v) is 9.74. The van der Waals surface area contributed by atoms with Gasteiger partial charge in [-0.3, -0.25) is 4.57 Å². The Labute approximate surface area is 94.3 Å². The molecule has 0 atom stereocenters. The van der Waals surface area contributed by atoms with Crippen molar-refractivity contribution >= 4 is 5.82 Å². The zero-order chi connectivity index (χ0) is 12.1. The molecule has 0 amide bonds. The van der Waals surface area contributed by atoms with E-state index in [1.54, 1.807) is 0 Å². The molecule has 1 fully saturated rings. The quantitative estimate of drug-likeness (QED) is 0.799. The Morgan fingerprint density at radius 3 is 2.56 bits per heavy atom. The molecule has 0 saturated heterocycles. The number of anilines is 1. The Bertz CT molecular complexity index is 397. The third-order valence-electron chi connectivity index (χ3n) is 2.65. The smallest absolute Gasteiger partial charge is 0.349 e. The molecule has 1 saturated carbocycles. The van der Waals surface area contributed by atoms with Gasteiger partial charge in [0.15, 0.2) is 11.6 Å². The van der Waals surface area contributed by atoms with Crippen LogP contribution < -0.4 is 11.4 Å². The predicted octanol–water partition coefficient (Wildman–Crippen LogP) is 2.11. The molecule has 2 rings (SSSR count). The van der Waals surface area contributed by atoms with Gasteiger partial charge in [-0.05, 0) is 12.8 Å². The highest BCUT2D eigenvalue weighted by Gasteiger charge is 2.19. The minimum absolute atomic E-state index is 0.102. The number of rotatable bonds is 1. The Kier molecular flexibility index (Phi) is 4.46. The number of nitrogens with two attached hydrogens (primary N) is 1. The van der Waals surface area contributed by atoms with Crippen LogP contribution in [0.15, 0.2) is 11.0 Å². The van der Waals surface area contributed by atoms with E-state index in [9.17, 15) is 9.18 Å². The lowest BCUT2D eigenvalue weighted by Gasteiger charge is -2.12. The molecule has 4 nitrogen and oxygen atoms in total. The Hall–Kier alpha value is -1.39. The summed E-state index contributed by atoms with van der Waals surface area (Å²) in [6.45, 7) is 4.00. The maximum Gasteiger partial charge on any atom is 0.349 e. The van der Waals surface area contributed by atoms with Gasteiger partial charge in [0.1, 0.15) is 0 Å².